The third-order valence-corrected chi connectivity index (χ3v) is 5.67. The molecule has 0 aliphatic rings. The standard InChI is InChI=1S/C26H19IN2O5/c1-2-32-23-13-17(11-19(14-28)25-29-21-5-3-4-6-22(21)34-25)12-20(27)24(23)33-15-16-7-9-18(10-8-16)26(30)31/h3-13H,2,15H2,1H3,(H,30,31)/b19-11+. The molecule has 0 bridgehead atoms. The molecule has 170 valence electrons. The van der Waals surface area contributed by atoms with Crippen LogP contribution in [0, 0.1) is 14.9 Å². The maximum Gasteiger partial charge on any atom is 0.335 e. The molecule has 0 amide bonds. The van der Waals surface area contributed by atoms with E-state index in [-0.39, 0.29) is 18.1 Å². The van der Waals surface area contributed by atoms with Crippen LogP contribution >= 0.6 is 22.6 Å². The smallest absolute Gasteiger partial charge is 0.335 e. The number of allylic oxidation sites excluding steroid dienone is 1. The van der Waals surface area contributed by atoms with Crippen molar-refractivity contribution < 1.29 is 23.8 Å². The lowest BCUT2D eigenvalue weighted by molar-refractivity contribution is 0.0697. The van der Waals surface area contributed by atoms with Crippen LogP contribution in [0.5, 0.6) is 11.5 Å². The van der Waals surface area contributed by atoms with Crippen LogP contribution in [-0.4, -0.2) is 22.7 Å². The summed E-state index contributed by atoms with van der Waals surface area (Å²) in [5, 5.41) is 18.8. The van der Waals surface area contributed by atoms with Crippen LogP contribution in [0.1, 0.15) is 34.3 Å². The van der Waals surface area contributed by atoms with Crippen LogP contribution in [0.15, 0.2) is 65.1 Å². The quantitative estimate of drug-likeness (QED) is 0.201. The molecular weight excluding hydrogens is 547 g/mol. The first-order valence-corrected chi connectivity index (χ1v) is 11.5. The minimum absolute atomic E-state index is 0.219. The van der Waals surface area contributed by atoms with E-state index in [0.717, 1.165) is 14.7 Å². The van der Waals surface area contributed by atoms with Crippen molar-refractivity contribution in [2.24, 2.45) is 0 Å². The Morgan fingerprint density at radius 2 is 1.94 bits per heavy atom. The molecule has 1 N–H and O–H groups in total. The average Bonchev–Trinajstić information content (AvgIpc) is 3.26. The van der Waals surface area contributed by atoms with Gasteiger partial charge in [0.05, 0.1) is 15.7 Å². The van der Waals surface area contributed by atoms with Crippen molar-refractivity contribution in [3.63, 3.8) is 0 Å². The number of fused-ring (bicyclic) bond motifs is 1. The molecule has 0 fully saturated rings. The number of ether oxygens (including phenoxy) is 2. The Morgan fingerprint density at radius 1 is 1.18 bits per heavy atom. The number of nitriles is 1. The van der Waals surface area contributed by atoms with E-state index in [1.54, 1.807) is 42.5 Å². The summed E-state index contributed by atoms with van der Waals surface area (Å²) < 4.78 is 18.4. The van der Waals surface area contributed by atoms with Crippen molar-refractivity contribution in [2.45, 2.75) is 13.5 Å². The largest absolute Gasteiger partial charge is 0.490 e. The average molecular weight is 566 g/mol. The van der Waals surface area contributed by atoms with Crippen LogP contribution in [0.4, 0.5) is 0 Å². The van der Waals surface area contributed by atoms with Gasteiger partial charge in [0.15, 0.2) is 17.1 Å². The molecule has 7 nitrogen and oxygen atoms in total. The molecule has 0 aliphatic heterocycles. The summed E-state index contributed by atoms with van der Waals surface area (Å²) >= 11 is 2.16. The van der Waals surface area contributed by atoms with E-state index in [1.165, 1.54) is 0 Å². The summed E-state index contributed by atoms with van der Waals surface area (Å²) in [6.07, 6.45) is 1.70. The van der Waals surface area contributed by atoms with E-state index in [1.807, 2.05) is 31.2 Å². The number of carbonyl (C=O) groups is 1. The van der Waals surface area contributed by atoms with Crippen LogP contribution in [-0.2, 0) is 6.61 Å². The SMILES string of the molecule is CCOc1cc(/C=C(\C#N)c2nc3ccccc3o2)cc(I)c1OCc1ccc(C(=O)O)cc1. The number of carboxylic acid groups (broad SMARTS) is 1. The number of hydrogen-bond donors (Lipinski definition) is 1. The lowest BCUT2D eigenvalue weighted by Crippen LogP contribution is -2.03. The number of para-hydroxylation sites is 2. The maximum absolute atomic E-state index is 11.0. The van der Waals surface area contributed by atoms with Gasteiger partial charge < -0.3 is 19.0 Å². The molecule has 8 heteroatoms. The fourth-order valence-electron chi connectivity index (χ4n) is 3.27. The normalized spacial score (nSPS) is 11.3. The van der Waals surface area contributed by atoms with E-state index in [2.05, 4.69) is 33.6 Å². The van der Waals surface area contributed by atoms with Crippen LogP contribution in [0.25, 0.3) is 22.7 Å². The lowest BCUT2D eigenvalue weighted by atomic mass is 10.1. The van der Waals surface area contributed by atoms with Gasteiger partial charge in [0.1, 0.15) is 23.8 Å². The molecule has 1 heterocycles. The molecule has 0 radical (unpaired) electrons. The third-order valence-electron chi connectivity index (χ3n) is 4.87. The number of halogens is 1. The molecule has 0 saturated heterocycles. The number of carboxylic acids is 1. The Morgan fingerprint density at radius 3 is 2.62 bits per heavy atom. The molecule has 3 aromatic carbocycles. The second-order valence-corrected chi connectivity index (χ2v) is 8.37. The predicted molar refractivity (Wildman–Crippen MR) is 136 cm³/mol. The van der Waals surface area contributed by atoms with E-state index < -0.39 is 5.97 Å². The maximum atomic E-state index is 11.0. The van der Waals surface area contributed by atoms with Gasteiger partial charge in [0.2, 0.25) is 5.89 Å². The van der Waals surface area contributed by atoms with Crippen molar-refractivity contribution in [3.8, 4) is 17.6 Å². The summed E-state index contributed by atoms with van der Waals surface area (Å²) in [7, 11) is 0. The molecule has 34 heavy (non-hydrogen) atoms. The Balaban J connectivity index is 1.62. The number of hydrogen-bond acceptors (Lipinski definition) is 6. The highest BCUT2D eigenvalue weighted by atomic mass is 127. The zero-order valence-electron chi connectivity index (χ0n) is 18.1. The van der Waals surface area contributed by atoms with Gasteiger partial charge in [0.25, 0.3) is 0 Å². The van der Waals surface area contributed by atoms with Crippen molar-refractivity contribution in [3.05, 3.63) is 86.8 Å². The first-order valence-electron chi connectivity index (χ1n) is 10.4. The van der Waals surface area contributed by atoms with Crippen LogP contribution < -0.4 is 9.47 Å². The topological polar surface area (TPSA) is 106 Å². The molecular formula is C26H19IN2O5. The molecule has 0 saturated carbocycles. The Kier molecular flexibility index (Phi) is 7.13. The first-order chi connectivity index (χ1) is 16.5. The van der Waals surface area contributed by atoms with E-state index in [0.29, 0.717) is 34.8 Å². The van der Waals surface area contributed by atoms with Gasteiger partial charge in [0, 0.05) is 0 Å². The molecule has 4 rings (SSSR count). The highest BCUT2D eigenvalue weighted by Gasteiger charge is 2.15. The number of aromatic carboxylic acids is 1. The van der Waals surface area contributed by atoms with Crippen LogP contribution in [0.3, 0.4) is 0 Å². The summed E-state index contributed by atoms with van der Waals surface area (Å²) in [6, 6.07) is 19.7. The number of oxazole rings is 1. The van der Waals surface area contributed by atoms with Gasteiger partial charge in [-0.1, -0.05) is 24.3 Å². The van der Waals surface area contributed by atoms with Gasteiger partial charge in [-0.25, -0.2) is 9.78 Å². The lowest BCUT2D eigenvalue weighted by Gasteiger charge is -2.15. The first kappa shape index (κ1) is 23.3. The zero-order chi connectivity index (χ0) is 24.1. The molecule has 0 spiro atoms. The van der Waals surface area contributed by atoms with Crippen molar-refractivity contribution >= 4 is 51.3 Å². The summed E-state index contributed by atoms with van der Waals surface area (Å²) in [6.45, 7) is 2.56. The fraction of sp³-hybridized carbons (Fsp3) is 0.115. The highest BCUT2D eigenvalue weighted by molar-refractivity contribution is 14.1. The van der Waals surface area contributed by atoms with Crippen LogP contribution in [0.2, 0.25) is 0 Å². The number of aromatic nitrogens is 1. The summed E-state index contributed by atoms with van der Waals surface area (Å²) in [4.78, 5) is 15.4. The van der Waals surface area contributed by atoms with E-state index in [4.69, 9.17) is 19.0 Å². The van der Waals surface area contributed by atoms with Gasteiger partial charge in [-0.15, -0.1) is 0 Å². The Labute approximate surface area is 209 Å². The van der Waals surface area contributed by atoms with E-state index >= 15 is 0 Å². The van der Waals surface area contributed by atoms with Crippen molar-refractivity contribution in [1.82, 2.24) is 4.98 Å². The second kappa shape index (κ2) is 10.4. The third kappa shape index (κ3) is 5.21. The highest BCUT2D eigenvalue weighted by Crippen LogP contribution is 2.36. The molecule has 4 aromatic rings. The Bertz CT molecular complexity index is 1380. The number of nitrogens with zero attached hydrogens (tertiary/aromatic N) is 2. The predicted octanol–water partition coefficient (Wildman–Crippen LogP) is 6.17. The van der Waals surface area contributed by atoms with Gasteiger partial charge in [-0.2, -0.15) is 5.26 Å². The summed E-state index contributed by atoms with van der Waals surface area (Å²) in [5.41, 5.74) is 3.38. The monoisotopic (exact) mass is 566 g/mol. The van der Waals surface area contributed by atoms with Crippen molar-refractivity contribution in [2.75, 3.05) is 6.61 Å². The molecule has 1 aromatic heterocycles. The van der Waals surface area contributed by atoms with E-state index in [9.17, 15) is 10.1 Å². The van der Waals surface area contributed by atoms with Gasteiger partial charge in [-0.05, 0) is 83.1 Å². The second-order valence-electron chi connectivity index (χ2n) is 7.21. The number of rotatable bonds is 8. The Hall–Kier alpha value is -3.84. The van der Waals surface area contributed by atoms with Gasteiger partial charge >= 0.3 is 5.97 Å². The van der Waals surface area contributed by atoms with Crippen molar-refractivity contribution in [1.29, 1.82) is 5.26 Å². The zero-order valence-corrected chi connectivity index (χ0v) is 20.3. The summed E-state index contributed by atoms with van der Waals surface area (Å²) in [5.74, 6) is 0.389. The molecule has 0 atom stereocenters. The number of benzene rings is 3. The minimum atomic E-state index is -0.973. The van der Waals surface area contributed by atoms with Gasteiger partial charge in [-0.3, -0.25) is 0 Å². The molecule has 0 aliphatic carbocycles. The fourth-order valence-corrected chi connectivity index (χ4v) is 4.05. The minimum Gasteiger partial charge on any atom is -0.490 e. The molecule has 0 unspecified atom stereocenters.